The normalized spacial score (nSPS) is 17.6. The Morgan fingerprint density at radius 3 is 2.67 bits per heavy atom. The van der Waals surface area contributed by atoms with Crippen LogP contribution in [0.15, 0.2) is 0 Å². The predicted molar refractivity (Wildman–Crippen MR) is 71.1 cm³/mol. The highest BCUT2D eigenvalue weighted by atomic mass is 35.5. The quantitative estimate of drug-likeness (QED) is 0.860. The van der Waals surface area contributed by atoms with Crippen LogP contribution in [0, 0.1) is 0 Å². The molecule has 0 saturated carbocycles. The number of nitrogens with one attached hydrogen (secondary N) is 1. The monoisotopic (exact) mass is 271 g/mol. The second kappa shape index (κ2) is 6.15. The number of halogens is 1. The van der Waals surface area contributed by atoms with Gasteiger partial charge in [-0.05, 0) is 37.8 Å². The molecule has 0 spiro atoms. The Bertz CT molecular complexity index is 397. The van der Waals surface area contributed by atoms with Crippen molar-refractivity contribution in [3.63, 3.8) is 0 Å². The molecule has 1 unspecified atom stereocenters. The predicted octanol–water partition coefficient (Wildman–Crippen LogP) is 1.31. The van der Waals surface area contributed by atoms with Crippen LogP contribution in [0.3, 0.4) is 0 Å². The molecule has 1 aromatic heterocycles. The Morgan fingerprint density at radius 2 is 2.00 bits per heavy atom. The number of hydrogen-bond donors (Lipinski definition) is 2. The molecular formula is C11H18ClN5O. The Kier molecular flexibility index (Phi) is 4.54. The molecule has 7 heteroatoms. The van der Waals surface area contributed by atoms with Gasteiger partial charge < -0.3 is 15.3 Å². The summed E-state index contributed by atoms with van der Waals surface area (Å²) < 4.78 is 0. The minimum atomic E-state index is -0.113. The molecule has 0 aliphatic carbocycles. The van der Waals surface area contributed by atoms with E-state index in [9.17, 15) is 0 Å². The first kappa shape index (κ1) is 13.3. The first-order valence-electron chi connectivity index (χ1n) is 6.23. The number of piperidine rings is 1. The summed E-state index contributed by atoms with van der Waals surface area (Å²) in [6.07, 6.45) is 3.56. The highest BCUT2D eigenvalue weighted by Crippen LogP contribution is 2.18. The molecule has 1 aliphatic rings. The third-order valence-electron chi connectivity index (χ3n) is 2.88. The molecule has 2 N–H and O–H groups in total. The van der Waals surface area contributed by atoms with Crippen molar-refractivity contribution in [1.82, 2.24) is 15.0 Å². The summed E-state index contributed by atoms with van der Waals surface area (Å²) in [5.41, 5.74) is 0. The number of aliphatic hydroxyl groups excluding tert-OH is 1. The van der Waals surface area contributed by atoms with Gasteiger partial charge in [-0.25, -0.2) is 0 Å². The van der Waals surface area contributed by atoms with Crippen LogP contribution in [0.1, 0.15) is 26.2 Å². The summed E-state index contributed by atoms with van der Waals surface area (Å²) in [7, 11) is 0. The topological polar surface area (TPSA) is 74.2 Å². The van der Waals surface area contributed by atoms with Gasteiger partial charge in [0.15, 0.2) is 0 Å². The van der Waals surface area contributed by atoms with Gasteiger partial charge in [-0.3, -0.25) is 0 Å². The van der Waals surface area contributed by atoms with Crippen LogP contribution < -0.4 is 10.2 Å². The highest BCUT2D eigenvalue weighted by molar-refractivity contribution is 6.28. The van der Waals surface area contributed by atoms with E-state index in [2.05, 4.69) is 25.2 Å². The van der Waals surface area contributed by atoms with Crippen molar-refractivity contribution in [3.05, 3.63) is 5.28 Å². The first-order chi connectivity index (χ1) is 8.69. The lowest BCUT2D eigenvalue weighted by atomic mass is 10.1. The molecular weight excluding hydrogens is 254 g/mol. The lowest BCUT2D eigenvalue weighted by molar-refractivity contribution is 0.281. The van der Waals surface area contributed by atoms with Crippen molar-refractivity contribution in [2.45, 2.75) is 32.2 Å². The van der Waals surface area contributed by atoms with Gasteiger partial charge in [0.2, 0.25) is 17.2 Å². The van der Waals surface area contributed by atoms with Gasteiger partial charge in [0, 0.05) is 19.1 Å². The zero-order valence-electron chi connectivity index (χ0n) is 10.4. The van der Waals surface area contributed by atoms with E-state index in [0.717, 1.165) is 25.9 Å². The van der Waals surface area contributed by atoms with Crippen LogP contribution in [-0.2, 0) is 0 Å². The Labute approximate surface area is 111 Å². The Morgan fingerprint density at radius 1 is 1.28 bits per heavy atom. The lowest BCUT2D eigenvalue weighted by Crippen LogP contribution is -2.31. The van der Waals surface area contributed by atoms with Gasteiger partial charge in [0.25, 0.3) is 0 Å². The molecule has 0 bridgehead atoms. The van der Waals surface area contributed by atoms with E-state index < -0.39 is 0 Å². The van der Waals surface area contributed by atoms with E-state index >= 15 is 0 Å². The third-order valence-corrected chi connectivity index (χ3v) is 3.05. The summed E-state index contributed by atoms with van der Waals surface area (Å²) in [6.45, 7) is 3.77. The van der Waals surface area contributed by atoms with Crippen LogP contribution in [0.4, 0.5) is 11.9 Å². The van der Waals surface area contributed by atoms with E-state index in [4.69, 9.17) is 16.7 Å². The molecule has 1 aromatic rings. The first-order valence-corrected chi connectivity index (χ1v) is 6.61. The van der Waals surface area contributed by atoms with Crippen molar-refractivity contribution in [2.24, 2.45) is 0 Å². The van der Waals surface area contributed by atoms with Crippen LogP contribution in [0.5, 0.6) is 0 Å². The maximum Gasteiger partial charge on any atom is 0.231 e. The van der Waals surface area contributed by atoms with Gasteiger partial charge in [-0.2, -0.15) is 15.0 Å². The summed E-state index contributed by atoms with van der Waals surface area (Å²) in [4.78, 5) is 14.6. The fourth-order valence-corrected chi connectivity index (χ4v) is 2.06. The van der Waals surface area contributed by atoms with E-state index in [0.29, 0.717) is 11.9 Å². The SMILES string of the molecule is CC(CO)Nc1nc(Cl)nc(N2CCCCC2)n1. The van der Waals surface area contributed by atoms with Crippen LogP contribution in [0.25, 0.3) is 0 Å². The molecule has 1 atom stereocenters. The number of aliphatic hydroxyl groups is 1. The zero-order valence-corrected chi connectivity index (χ0v) is 11.2. The van der Waals surface area contributed by atoms with Crippen molar-refractivity contribution in [2.75, 3.05) is 29.9 Å². The number of aromatic nitrogens is 3. The summed E-state index contributed by atoms with van der Waals surface area (Å²) in [5.74, 6) is 1.03. The molecule has 1 fully saturated rings. The van der Waals surface area contributed by atoms with Crippen molar-refractivity contribution >= 4 is 23.5 Å². The molecule has 0 radical (unpaired) electrons. The van der Waals surface area contributed by atoms with Crippen molar-refractivity contribution < 1.29 is 5.11 Å². The fourth-order valence-electron chi connectivity index (χ4n) is 1.91. The number of anilines is 2. The van der Waals surface area contributed by atoms with Crippen LogP contribution in [0.2, 0.25) is 5.28 Å². The van der Waals surface area contributed by atoms with E-state index in [-0.39, 0.29) is 17.9 Å². The largest absolute Gasteiger partial charge is 0.394 e. The summed E-state index contributed by atoms with van der Waals surface area (Å²) >= 11 is 5.90. The van der Waals surface area contributed by atoms with Crippen molar-refractivity contribution in [3.8, 4) is 0 Å². The van der Waals surface area contributed by atoms with E-state index in [1.165, 1.54) is 6.42 Å². The number of hydrogen-bond acceptors (Lipinski definition) is 6. The number of nitrogens with zero attached hydrogens (tertiary/aromatic N) is 4. The maximum absolute atomic E-state index is 9.01. The second-order valence-corrected chi connectivity index (χ2v) is 4.84. The van der Waals surface area contributed by atoms with Crippen LogP contribution >= 0.6 is 11.6 Å². The average Bonchev–Trinajstić information content (AvgIpc) is 2.39. The molecule has 1 aliphatic heterocycles. The minimum Gasteiger partial charge on any atom is -0.394 e. The number of rotatable bonds is 4. The van der Waals surface area contributed by atoms with Crippen LogP contribution in [-0.4, -0.2) is 45.8 Å². The zero-order chi connectivity index (χ0) is 13.0. The average molecular weight is 272 g/mol. The second-order valence-electron chi connectivity index (χ2n) is 4.50. The lowest BCUT2D eigenvalue weighted by Gasteiger charge is -2.26. The third kappa shape index (κ3) is 3.43. The maximum atomic E-state index is 9.01. The summed E-state index contributed by atoms with van der Waals surface area (Å²) in [5, 5.41) is 12.2. The van der Waals surface area contributed by atoms with Crippen molar-refractivity contribution in [1.29, 1.82) is 0 Å². The minimum absolute atomic E-state index is 0.0162. The van der Waals surface area contributed by atoms with E-state index in [1.54, 1.807) is 0 Å². The van der Waals surface area contributed by atoms with Gasteiger partial charge in [0.1, 0.15) is 0 Å². The molecule has 0 aromatic carbocycles. The molecule has 18 heavy (non-hydrogen) atoms. The highest BCUT2D eigenvalue weighted by Gasteiger charge is 2.16. The molecule has 1 saturated heterocycles. The molecule has 100 valence electrons. The van der Waals surface area contributed by atoms with Gasteiger partial charge >= 0.3 is 0 Å². The van der Waals surface area contributed by atoms with Gasteiger partial charge in [0.05, 0.1) is 6.61 Å². The molecule has 0 amide bonds. The molecule has 2 heterocycles. The Hall–Kier alpha value is -1.14. The standard InChI is InChI=1S/C11H18ClN5O/c1-8(7-18)13-10-14-9(12)15-11(16-10)17-5-3-2-4-6-17/h8,18H,2-7H2,1H3,(H,13,14,15,16). The Balaban J connectivity index is 2.14. The van der Waals surface area contributed by atoms with Gasteiger partial charge in [-0.15, -0.1) is 0 Å². The smallest absolute Gasteiger partial charge is 0.231 e. The fraction of sp³-hybridized carbons (Fsp3) is 0.727. The molecule has 6 nitrogen and oxygen atoms in total. The van der Waals surface area contributed by atoms with E-state index in [1.807, 2.05) is 6.92 Å². The van der Waals surface area contributed by atoms with Gasteiger partial charge in [-0.1, -0.05) is 0 Å². The molecule has 2 rings (SSSR count). The summed E-state index contributed by atoms with van der Waals surface area (Å²) in [6, 6.07) is -0.113.